The lowest BCUT2D eigenvalue weighted by atomic mass is 9.90. The SMILES string of the molecule is COc1ccccc1[C@H]1CC(=O)c2c(C)cc3oc(=O)c4c(c3c2O1)CCC4. The lowest BCUT2D eigenvalue weighted by Gasteiger charge is -2.29. The van der Waals surface area contributed by atoms with E-state index >= 15 is 0 Å². The molecule has 1 aliphatic carbocycles. The van der Waals surface area contributed by atoms with Gasteiger partial charge in [-0.15, -0.1) is 0 Å². The van der Waals surface area contributed by atoms with Crippen molar-refractivity contribution < 1.29 is 18.7 Å². The van der Waals surface area contributed by atoms with E-state index in [1.807, 2.05) is 31.2 Å². The minimum Gasteiger partial charge on any atom is -0.496 e. The number of carbonyl (C=O) groups is 1. The molecule has 0 saturated heterocycles. The summed E-state index contributed by atoms with van der Waals surface area (Å²) in [6, 6.07) is 9.38. The van der Waals surface area contributed by atoms with Crippen molar-refractivity contribution in [3.05, 3.63) is 68.6 Å². The van der Waals surface area contributed by atoms with E-state index in [4.69, 9.17) is 13.9 Å². The van der Waals surface area contributed by atoms with E-state index in [0.29, 0.717) is 34.6 Å². The van der Waals surface area contributed by atoms with Crippen molar-refractivity contribution in [3.8, 4) is 11.5 Å². The van der Waals surface area contributed by atoms with Crippen LogP contribution >= 0.6 is 0 Å². The molecule has 0 saturated carbocycles. The molecule has 0 spiro atoms. The number of methoxy groups -OCH3 is 1. The number of fused-ring (bicyclic) bond motifs is 5. The minimum absolute atomic E-state index is 0.0366. The maximum absolute atomic E-state index is 13.1. The van der Waals surface area contributed by atoms with Gasteiger partial charge in [0.05, 0.1) is 24.5 Å². The highest BCUT2D eigenvalue weighted by Crippen LogP contribution is 2.45. The van der Waals surface area contributed by atoms with E-state index in [9.17, 15) is 9.59 Å². The predicted octanol–water partition coefficient (Wildman–Crippen LogP) is 4.31. The number of benzene rings is 2. The molecule has 0 fully saturated rings. The van der Waals surface area contributed by atoms with Gasteiger partial charge in [-0.3, -0.25) is 4.79 Å². The molecule has 0 bridgehead atoms. The first-order valence-electron chi connectivity index (χ1n) is 9.53. The van der Waals surface area contributed by atoms with Crippen molar-refractivity contribution in [3.63, 3.8) is 0 Å². The first-order chi connectivity index (χ1) is 13.6. The molecule has 142 valence electrons. The zero-order valence-electron chi connectivity index (χ0n) is 15.8. The van der Waals surface area contributed by atoms with Gasteiger partial charge in [-0.1, -0.05) is 18.2 Å². The number of hydrogen-bond acceptors (Lipinski definition) is 5. The average molecular weight is 376 g/mol. The smallest absolute Gasteiger partial charge is 0.339 e. The molecular weight excluding hydrogens is 356 g/mol. The molecule has 3 aromatic rings. The van der Waals surface area contributed by atoms with Crippen LogP contribution in [0, 0.1) is 6.92 Å². The first kappa shape index (κ1) is 17.0. The van der Waals surface area contributed by atoms with Gasteiger partial charge in [0.2, 0.25) is 0 Å². The fraction of sp³-hybridized carbons (Fsp3) is 0.304. The summed E-state index contributed by atoms with van der Waals surface area (Å²) >= 11 is 0. The van der Waals surface area contributed by atoms with Gasteiger partial charge in [-0.2, -0.15) is 0 Å². The van der Waals surface area contributed by atoms with Gasteiger partial charge >= 0.3 is 5.63 Å². The Morgan fingerprint density at radius 1 is 1.11 bits per heavy atom. The van der Waals surface area contributed by atoms with Gasteiger partial charge in [-0.05, 0) is 49.4 Å². The van der Waals surface area contributed by atoms with Crippen LogP contribution in [-0.4, -0.2) is 12.9 Å². The summed E-state index contributed by atoms with van der Waals surface area (Å²) in [6.07, 6.45) is 2.22. The monoisotopic (exact) mass is 376 g/mol. The first-order valence-corrected chi connectivity index (χ1v) is 9.53. The number of Topliss-reactive ketones (excluding diaryl/α,β-unsaturated/α-hetero) is 1. The van der Waals surface area contributed by atoms with Gasteiger partial charge in [0.1, 0.15) is 23.2 Å². The average Bonchev–Trinajstić information content (AvgIpc) is 3.17. The topological polar surface area (TPSA) is 65.7 Å². The van der Waals surface area contributed by atoms with Crippen LogP contribution in [0.15, 0.2) is 39.5 Å². The summed E-state index contributed by atoms with van der Waals surface area (Å²) in [5.41, 5.74) is 4.12. The second kappa shape index (κ2) is 6.23. The third-order valence-corrected chi connectivity index (χ3v) is 5.81. The van der Waals surface area contributed by atoms with Crippen LogP contribution in [0.5, 0.6) is 11.5 Å². The summed E-state index contributed by atoms with van der Waals surface area (Å²) < 4.78 is 17.5. The van der Waals surface area contributed by atoms with Gasteiger partial charge in [-0.25, -0.2) is 4.79 Å². The molecule has 0 amide bonds. The van der Waals surface area contributed by atoms with E-state index in [2.05, 4.69) is 0 Å². The molecule has 2 aliphatic rings. The van der Waals surface area contributed by atoms with Gasteiger partial charge < -0.3 is 13.9 Å². The van der Waals surface area contributed by atoms with Crippen LogP contribution < -0.4 is 15.1 Å². The third-order valence-electron chi connectivity index (χ3n) is 5.81. The molecule has 0 unspecified atom stereocenters. The molecular formula is C23H20O5. The number of carbonyl (C=O) groups excluding carboxylic acids is 1. The Balaban J connectivity index is 1.77. The zero-order chi connectivity index (χ0) is 19.4. The fourth-order valence-electron chi connectivity index (χ4n) is 4.55. The fourth-order valence-corrected chi connectivity index (χ4v) is 4.55. The molecule has 1 aliphatic heterocycles. The summed E-state index contributed by atoms with van der Waals surface area (Å²) in [4.78, 5) is 25.4. The Labute approximate surface area is 161 Å². The quantitative estimate of drug-likeness (QED) is 0.624. The molecule has 2 heterocycles. The largest absolute Gasteiger partial charge is 0.496 e. The Hall–Kier alpha value is -3.08. The number of ether oxygens (including phenoxy) is 2. The van der Waals surface area contributed by atoms with Crippen LogP contribution in [0.25, 0.3) is 11.0 Å². The summed E-state index contributed by atoms with van der Waals surface area (Å²) in [6.45, 7) is 1.86. The number of rotatable bonds is 2. The Kier molecular flexibility index (Phi) is 3.79. The molecule has 2 aromatic carbocycles. The standard InChI is InChI=1S/C23H20O5/c1-12-10-19-21(13-7-5-8-14(13)23(25)28-19)22-20(12)16(24)11-18(27-22)15-6-3-4-9-17(15)26-2/h3-4,6,9-10,18H,5,7-8,11H2,1-2H3/t18-/m1/s1. The Morgan fingerprint density at radius 3 is 2.71 bits per heavy atom. The van der Waals surface area contributed by atoms with Crippen molar-refractivity contribution in [2.45, 2.75) is 38.7 Å². The van der Waals surface area contributed by atoms with Crippen molar-refractivity contribution in [1.29, 1.82) is 0 Å². The number of para-hydroxylation sites is 1. The van der Waals surface area contributed by atoms with Gasteiger partial charge in [0, 0.05) is 11.1 Å². The predicted molar refractivity (Wildman–Crippen MR) is 105 cm³/mol. The van der Waals surface area contributed by atoms with E-state index in [1.165, 1.54) is 0 Å². The summed E-state index contributed by atoms with van der Waals surface area (Å²) in [5, 5.41) is 0.778. The number of hydrogen-bond donors (Lipinski definition) is 0. The molecule has 5 heteroatoms. The second-order valence-electron chi connectivity index (χ2n) is 7.45. The van der Waals surface area contributed by atoms with Crippen molar-refractivity contribution in [1.82, 2.24) is 0 Å². The van der Waals surface area contributed by atoms with E-state index in [0.717, 1.165) is 34.9 Å². The van der Waals surface area contributed by atoms with Crippen LogP contribution in [0.4, 0.5) is 0 Å². The molecule has 5 rings (SSSR count). The third kappa shape index (κ3) is 2.39. The lowest BCUT2D eigenvalue weighted by molar-refractivity contribution is 0.0849. The molecule has 28 heavy (non-hydrogen) atoms. The van der Waals surface area contributed by atoms with Crippen LogP contribution in [0.2, 0.25) is 0 Å². The summed E-state index contributed by atoms with van der Waals surface area (Å²) in [7, 11) is 1.61. The normalized spacial score (nSPS) is 17.9. The van der Waals surface area contributed by atoms with Crippen molar-refractivity contribution in [2.24, 2.45) is 0 Å². The maximum Gasteiger partial charge on any atom is 0.339 e. The molecule has 5 nitrogen and oxygen atoms in total. The Morgan fingerprint density at radius 2 is 1.89 bits per heavy atom. The lowest BCUT2D eigenvalue weighted by Crippen LogP contribution is -2.22. The van der Waals surface area contributed by atoms with E-state index < -0.39 is 6.10 Å². The molecule has 0 radical (unpaired) electrons. The van der Waals surface area contributed by atoms with Crippen LogP contribution in [0.3, 0.4) is 0 Å². The maximum atomic E-state index is 13.1. The second-order valence-corrected chi connectivity index (χ2v) is 7.45. The molecule has 1 atom stereocenters. The number of ketones is 1. The number of aryl methyl sites for hydroxylation is 2. The van der Waals surface area contributed by atoms with Crippen LogP contribution in [0.1, 0.15) is 51.6 Å². The van der Waals surface area contributed by atoms with E-state index in [-0.39, 0.29) is 17.8 Å². The summed E-state index contributed by atoms with van der Waals surface area (Å²) in [5.74, 6) is 1.27. The van der Waals surface area contributed by atoms with Gasteiger partial charge in [0.15, 0.2) is 5.78 Å². The molecule has 1 aromatic heterocycles. The highest BCUT2D eigenvalue weighted by Gasteiger charge is 2.34. The van der Waals surface area contributed by atoms with E-state index in [1.54, 1.807) is 13.2 Å². The highest BCUT2D eigenvalue weighted by atomic mass is 16.5. The van der Waals surface area contributed by atoms with Gasteiger partial charge in [0.25, 0.3) is 0 Å². The van der Waals surface area contributed by atoms with Crippen molar-refractivity contribution in [2.75, 3.05) is 7.11 Å². The van der Waals surface area contributed by atoms with Crippen LogP contribution in [-0.2, 0) is 12.8 Å². The zero-order valence-corrected chi connectivity index (χ0v) is 15.8. The highest BCUT2D eigenvalue weighted by molar-refractivity contribution is 6.07. The van der Waals surface area contributed by atoms with Crippen molar-refractivity contribution >= 4 is 16.8 Å². The minimum atomic E-state index is -0.440. The Bertz CT molecular complexity index is 1190. The molecule has 0 N–H and O–H groups in total.